The normalized spacial score (nSPS) is 20.6. The average molecular weight is 329 g/mol. The lowest BCUT2D eigenvalue weighted by Crippen LogP contribution is -2.56. The minimum Gasteiger partial charge on any atom is -0.493 e. The molecule has 1 aromatic carbocycles. The number of methoxy groups -OCH3 is 2. The molecule has 126 valence electrons. The second-order valence-corrected chi connectivity index (χ2v) is 5.27. The van der Waals surface area contributed by atoms with Crippen LogP contribution in [-0.4, -0.2) is 54.8 Å². The summed E-state index contributed by atoms with van der Waals surface area (Å²) in [5, 5.41) is 9.54. The second-order valence-electron chi connectivity index (χ2n) is 5.27. The fraction of sp³-hybridized carbons (Fsp3) is 0.467. The molecule has 1 unspecified atom stereocenters. The maximum atomic E-state index is 14.1. The van der Waals surface area contributed by atoms with Crippen LogP contribution in [0.2, 0.25) is 0 Å². The summed E-state index contributed by atoms with van der Waals surface area (Å²) in [4.78, 5) is 25.4. The van der Waals surface area contributed by atoms with Crippen LogP contribution in [0.5, 0.6) is 5.75 Å². The van der Waals surface area contributed by atoms with Gasteiger partial charge in [0.1, 0.15) is 11.4 Å². The average Bonchev–Trinajstić information content (AvgIpc) is 2.94. The number of carboxylic acids is 1. The summed E-state index contributed by atoms with van der Waals surface area (Å²) >= 11 is 0. The molecule has 8 heteroatoms. The van der Waals surface area contributed by atoms with E-state index in [2.05, 4.69) is 0 Å². The molecule has 0 aliphatic carbocycles. The molecule has 6 nitrogen and oxygen atoms in total. The van der Waals surface area contributed by atoms with E-state index in [4.69, 9.17) is 9.47 Å². The van der Waals surface area contributed by atoms with Crippen LogP contribution in [0.3, 0.4) is 0 Å². The van der Waals surface area contributed by atoms with Crippen LogP contribution in [-0.2, 0) is 9.53 Å². The zero-order valence-corrected chi connectivity index (χ0v) is 12.8. The Morgan fingerprint density at radius 2 is 1.96 bits per heavy atom. The smallest absolute Gasteiger partial charge is 0.332 e. The Morgan fingerprint density at radius 1 is 1.30 bits per heavy atom. The number of carbonyl (C=O) groups is 2. The Hall–Kier alpha value is -2.22. The van der Waals surface area contributed by atoms with Crippen LogP contribution in [0.1, 0.15) is 23.2 Å². The van der Waals surface area contributed by atoms with Gasteiger partial charge in [0.05, 0.1) is 13.7 Å². The fourth-order valence-corrected chi connectivity index (χ4v) is 2.91. The SMILES string of the molecule is COCC1(C(=O)O)CCCN1C(=O)c1c(F)ccc(F)c1OC. The second kappa shape index (κ2) is 6.49. The zero-order valence-electron chi connectivity index (χ0n) is 12.8. The number of likely N-dealkylation sites (tertiary alicyclic amines) is 1. The number of carboxylic acid groups (broad SMARTS) is 1. The summed E-state index contributed by atoms with van der Waals surface area (Å²) in [7, 11) is 2.42. The standard InChI is InChI=1S/C15H17F2NO5/c1-22-8-15(14(20)21)6-3-7-18(15)13(19)11-9(16)4-5-10(17)12(11)23-2/h4-5H,3,6-8H2,1-2H3,(H,20,21). The topological polar surface area (TPSA) is 76.1 Å². The van der Waals surface area contributed by atoms with Gasteiger partial charge in [0, 0.05) is 13.7 Å². The van der Waals surface area contributed by atoms with E-state index in [0.717, 1.165) is 24.1 Å². The molecule has 1 amide bonds. The summed E-state index contributed by atoms with van der Waals surface area (Å²) in [6.07, 6.45) is 0.585. The summed E-state index contributed by atoms with van der Waals surface area (Å²) in [6, 6.07) is 1.65. The molecular formula is C15H17F2NO5. The number of aliphatic carboxylic acids is 1. The molecule has 1 heterocycles. The van der Waals surface area contributed by atoms with Crippen LogP contribution in [0.25, 0.3) is 0 Å². The fourth-order valence-electron chi connectivity index (χ4n) is 2.91. The van der Waals surface area contributed by atoms with Crippen molar-refractivity contribution in [3.63, 3.8) is 0 Å². The van der Waals surface area contributed by atoms with Crippen molar-refractivity contribution in [1.82, 2.24) is 4.90 Å². The summed E-state index contributed by atoms with van der Waals surface area (Å²) in [5.74, 6) is -4.60. The summed E-state index contributed by atoms with van der Waals surface area (Å²) < 4.78 is 37.6. The number of amides is 1. The van der Waals surface area contributed by atoms with Gasteiger partial charge in [-0.15, -0.1) is 0 Å². The molecule has 0 radical (unpaired) electrons. The van der Waals surface area contributed by atoms with Crippen LogP contribution < -0.4 is 4.74 Å². The number of carbonyl (C=O) groups excluding carboxylic acids is 1. The number of rotatable bonds is 5. The van der Waals surface area contributed by atoms with Crippen molar-refractivity contribution in [1.29, 1.82) is 0 Å². The first-order chi connectivity index (χ1) is 10.9. The first-order valence-electron chi connectivity index (χ1n) is 6.95. The van der Waals surface area contributed by atoms with Crippen molar-refractivity contribution in [2.45, 2.75) is 18.4 Å². The molecule has 1 aromatic rings. The van der Waals surface area contributed by atoms with E-state index in [9.17, 15) is 23.5 Å². The van der Waals surface area contributed by atoms with Crippen molar-refractivity contribution < 1.29 is 33.0 Å². The highest BCUT2D eigenvalue weighted by molar-refractivity contribution is 6.00. The zero-order chi connectivity index (χ0) is 17.2. The third-order valence-electron chi connectivity index (χ3n) is 3.99. The van der Waals surface area contributed by atoms with Gasteiger partial charge in [0.2, 0.25) is 0 Å². The van der Waals surface area contributed by atoms with Crippen molar-refractivity contribution in [3.8, 4) is 5.75 Å². The van der Waals surface area contributed by atoms with Gasteiger partial charge in [-0.05, 0) is 25.0 Å². The number of nitrogens with zero attached hydrogens (tertiary/aromatic N) is 1. The van der Waals surface area contributed by atoms with Crippen molar-refractivity contribution in [2.24, 2.45) is 0 Å². The van der Waals surface area contributed by atoms with E-state index in [1.807, 2.05) is 0 Å². The molecular weight excluding hydrogens is 312 g/mol. The molecule has 1 aliphatic rings. The summed E-state index contributed by atoms with van der Waals surface area (Å²) in [6.45, 7) is -0.138. The quantitative estimate of drug-likeness (QED) is 0.889. The van der Waals surface area contributed by atoms with Crippen LogP contribution in [0.4, 0.5) is 8.78 Å². The third kappa shape index (κ3) is 2.74. The summed E-state index contributed by atoms with van der Waals surface area (Å²) in [5.41, 5.74) is -2.22. The predicted molar refractivity (Wildman–Crippen MR) is 75.4 cm³/mol. The Labute approximate surface area is 131 Å². The molecule has 0 bridgehead atoms. The Balaban J connectivity index is 2.52. The minimum absolute atomic E-state index is 0.105. The van der Waals surface area contributed by atoms with Gasteiger partial charge >= 0.3 is 5.97 Å². The molecule has 1 saturated heterocycles. The number of benzene rings is 1. The van der Waals surface area contributed by atoms with Crippen molar-refractivity contribution in [3.05, 3.63) is 29.3 Å². The largest absolute Gasteiger partial charge is 0.493 e. The van der Waals surface area contributed by atoms with Gasteiger partial charge in [-0.2, -0.15) is 0 Å². The van der Waals surface area contributed by atoms with E-state index in [0.29, 0.717) is 6.42 Å². The first kappa shape index (κ1) is 17.1. The number of hydrogen-bond donors (Lipinski definition) is 1. The molecule has 0 spiro atoms. The van der Waals surface area contributed by atoms with Crippen LogP contribution in [0, 0.1) is 11.6 Å². The lowest BCUT2D eigenvalue weighted by Gasteiger charge is -2.34. The van der Waals surface area contributed by atoms with Crippen LogP contribution >= 0.6 is 0 Å². The highest BCUT2D eigenvalue weighted by atomic mass is 19.1. The molecule has 1 atom stereocenters. The Bertz CT molecular complexity index is 637. The van der Waals surface area contributed by atoms with E-state index in [1.54, 1.807) is 0 Å². The van der Waals surface area contributed by atoms with Gasteiger partial charge in [-0.25, -0.2) is 13.6 Å². The molecule has 2 rings (SSSR count). The van der Waals surface area contributed by atoms with Crippen molar-refractivity contribution in [2.75, 3.05) is 27.4 Å². The van der Waals surface area contributed by atoms with Gasteiger partial charge < -0.3 is 19.5 Å². The molecule has 23 heavy (non-hydrogen) atoms. The van der Waals surface area contributed by atoms with Crippen molar-refractivity contribution >= 4 is 11.9 Å². The Kier molecular flexibility index (Phi) is 4.84. The van der Waals surface area contributed by atoms with Gasteiger partial charge in [-0.3, -0.25) is 4.79 Å². The van der Waals surface area contributed by atoms with Gasteiger partial charge in [-0.1, -0.05) is 0 Å². The molecule has 1 aliphatic heterocycles. The monoisotopic (exact) mass is 329 g/mol. The molecule has 1 N–H and O–H groups in total. The number of halogens is 2. The van der Waals surface area contributed by atoms with E-state index in [-0.39, 0.29) is 19.6 Å². The number of hydrogen-bond acceptors (Lipinski definition) is 4. The lowest BCUT2D eigenvalue weighted by atomic mass is 9.96. The highest BCUT2D eigenvalue weighted by Crippen LogP contribution is 2.35. The number of ether oxygens (including phenoxy) is 2. The minimum atomic E-state index is -1.60. The molecule has 0 saturated carbocycles. The van der Waals surface area contributed by atoms with E-state index in [1.165, 1.54) is 7.11 Å². The third-order valence-corrected chi connectivity index (χ3v) is 3.99. The molecule has 1 fully saturated rings. The molecule has 0 aromatic heterocycles. The van der Waals surface area contributed by atoms with Gasteiger partial charge in [0.15, 0.2) is 17.1 Å². The predicted octanol–water partition coefficient (Wildman–Crippen LogP) is 1.68. The Morgan fingerprint density at radius 3 is 2.52 bits per heavy atom. The maximum Gasteiger partial charge on any atom is 0.332 e. The highest BCUT2D eigenvalue weighted by Gasteiger charge is 2.51. The van der Waals surface area contributed by atoms with E-state index >= 15 is 0 Å². The lowest BCUT2D eigenvalue weighted by molar-refractivity contribution is -0.151. The first-order valence-corrected chi connectivity index (χ1v) is 6.95. The van der Waals surface area contributed by atoms with E-state index < -0.39 is 40.4 Å². The maximum absolute atomic E-state index is 14.1. The van der Waals surface area contributed by atoms with Crippen LogP contribution in [0.15, 0.2) is 12.1 Å². The van der Waals surface area contributed by atoms with Gasteiger partial charge in [0.25, 0.3) is 5.91 Å².